The molecule has 2 N–H and O–H groups in total. The molecule has 5 nitrogen and oxygen atoms in total. The number of hydrogen-bond donors (Lipinski definition) is 2. The van der Waals surface area contributed by atoms with E-state index < -0.39 is 0 Å². The van der Waals surface area contributed by atoms with Gasteiger partial charge in [0.15, 0.2) is 0 Å². The third-order valence-corrected chi connectivity index (χ3v) is 5.21. The smallest absolute Gasteiger partial charge is 0.238 e. The van der Waals surface area contributed by atoms with Crippen molar-refractivity contribution in [3.05, 3.63) is 29.8 Å². The fourth-order valence-corrected chi connectivity index (χ4v) is 3.24. The number of likely N-dealkylation sites (N-methyl/N-ethyl adjacent to an activating group) is 1. The summed E-state index contributed by atoms with van der Waals surface area (Å²) < 4.78 is 0. The van der Waals surface area contributed by atoms with Crippen LogP contribution in [-0.2, 0) is 9.59 Å². The molecule has 5 heteroatoms. The van der Waals surface area contributed by atoms with Gasteiger partial charge in [-0.2, -0.15) is 0 Å². The maximum Gasteiger partial charge on any atom is 0.238 e. The first-order valence-electron chi connectivity index (χ1n) is 9.24. The van der Waals surface area contributed by atoms with Gasteiger partial charge in [0.25, 0.3) is 0 Å². The molecule has 1 saturated carbocycles. The molecule has 2 amide bonds. The van der Waals surface area contributed by atoms with E-state index in [4.69, 9.17) is 0 Å². The maximum absolute atomic E-state index is 12.5. The summed E-state index contributed by atoms with van der Waals surface area (Å²) in [6.45, 7) is 6.24. The fourth-order valence-electron chi connectivity index (χ4n) is 3.24. The normalized spacial score (nSPS) is 21.6. The topological polar surface area (TPSA) is 61.4 Å². The standard InChI is InChI=1S/C20H31N3O2/c1-14-9-11-17(12-10-14)21-19(24)13-23(4)16(3)20(25)22-18-8-6-5-7-15(18)2/h9-12,15-16,18H,5-8,13H2,1-4H3,(H,21,24)(H,22,25)/t15-,16-,18+/m0/s1. The minimum Gasteiger partial charge on any atom is -0.352 e. The average molecular weight is 345 g/mol. The van der Waals surface area contributed by atoms with Gasteiger partial charge in [0, 0.05) is 11.7 Å². The molecule has 1 aliphatic carbocycles. The first kappa shape index (κ1) is 19.4. The average Bonchev–Trinajstić information content (AvgIpc) is 2.58. The van der Waals surface area contributed by atoms with Crippen molar-refractivity contribution in [3.63, 3.8) is 0 Å². The highest BCUT2D eigenvalue weighted by Gasteiger charge is 2.26. The third kappa shape index (κ3) is 5.85. The Bertz CT molecular complexity index is 585. The summed E-state index contributed by atoms with van der Waals surface area (Å²) in [7, 11) is 1.81. The Labute approximate surface area is 151 Å². The number of rotatable bonds is 6. The van der Waals surface area contributed by atoms with E-state index in [0.717, 1.165) is 17.7 Å². The molecular formula is C20H31N3O2. The molecule has 1 aliphatic rings. The summed E-state index contributed by atoms with van der Waals surface area (Å²) in [5.74, 6) is 0.418. The number of carbonyl (C=O) groups is 2. The van der Waals surface area contributed by atoms with Gasteiger partial charge in [-0.15, -0.1) is 0 Å². The summed E-state index contributed by atoms with van der Waals surface area (Å²) >= 11 is 0. The summed E-state index contributed by atoms with van der Waals surface area (Å²) in [6.07, 6.45) is 4.66. The molecule has 0 bridgehead atoms. The predicted octanol–water partition coefficient (Wildman–Crippen LogP) is 2.95. The number of nitrogens with one attached hydrogen (secondary N) is 2. The Morgan fingerprint density at radius 1 is 1.20 bits per heavy atom. The van der Waals surface area contributed by atoms with Gasteiger partial charge < -0.3 is 10.6 Å². The predicted molar refractivity (Wildman–Crippen MR) is 101 cm³/mol. The van der Waals surface area contributed by atoms with E-state index in [2.05, 4.69) is 17.6 Å². The second-order valence-corrected chi connectivity index (χ2v) is 7.38. The van der Waals surface area contributed by atoms with Crippen molar-refractivity contribution in [3.8, 4) is 0 Å². The minimum atomic E-state index is -0.335. The first-order valence-corrected chi connectivity index (χ1v) is 9.24. The number of anilines is 1. The molecule has 0 aliphatic heterocycles. The molecule has 0 spiro atoms. The van der Waals surface area contributed by atoms with Gasteiger partial charge in [-0.3, -0.25) is 14.5 Å². The second-order valence-electron chi connectivity index (χ2n) is 7.38. The molecular weight excluding hydrogens is 314 g/mol. The van der Waals surface area contributed by atoms with Crippen molar-refractivity contribution in [2.24, 2.45) is 5.92 Å². The van der Waals surface area contributed by atoms with E-state index in [9.17, 15) is 9.59 Å². The molecule has 1 aromatic carbocycles. The molecule has 1 fully saturated rings. The lowest BCUT2D eigenvalue weighted by Gasteiger charge is -2.32. The van der Waals surface area contributed by atoms with Crippen LogP contribution in [0.5, 0.6) is 0 Å². The highest BCUT2D eigenvalue weighted by molar-refractivity contribution is 5.92. The Morgan fingerprint density at radius 2 is 1.84 bits per heavy atom. The van der Waals surface area contributed by atoms with Crippen LogP contribution >= 0.6 is 0 Å². The van der Waals surface area contributed by atoms with Crippen molar-refractivity contribution in [1.82, 2.24) is 10.2 Å². The lowest BCUT2D eigenvalue weighted by atomic mass is 9.86. The highest BCUT2D eigenvalue weighted by atomic mass is 16.2. The Balaban J connectivity index is 1.81. The van der Waals surface area contributed by atoms with E-state index >= 15 is 0 Å². The molecule has 25 heavy (non-hydrogen) atoms. The largest absolute Gasteiger partial charge is 0.352 e. The van der Waals surface area contributed by atoms with Crippen LogP contribution in [0.2, 0.25) is 0 Å². The van der Waals surface area contributed by atoms with Crippen LogP contribution in [-0.4, -0.2) is 42.4 Å². The molecule has 0 aromatic heterocycles. The fraction of sp³-hybridized carbons (Fsp3) is 0.600. The van der Waals surface area contributed by atoms with Gasteiger partial charge in [-0.05, 0) is 51.8 Å². The van der Waals surface area contributed by atoms with Gasteiger partial charge in [-0.1, -0.05) is 37.5 Å². The van der Waals surface area contributed by atoms with Crippen molar-refractivity contribution < 1.29 is 9.59 Å². The molecule has 0 radical (unpaired) electrons. The molecule has 1 aromatic rings. The number of amides is 2. The molecule has 138 valence electrons. The first-order chi connectivity index (χ1) is 11.9. The number of hydrogen-bond acceptors (Lipinski definition) is 3. The number of carbonyl (C=O) groups excluding carboxylic acids is 2. The molecule has 2 rings (SSSR count). The van der Waals surface area contributed by atoms with Gasteiger partial charge in [-0.25, -0.2) is 0 Å². The summed E-state index contributed by atoms with van der Waals surface area (Å²) in [5.41, 5.74) is 1.93. The van der Waals surface area contributed by atoms with Gasteiger partial charge >= 0.3 is 0 Å². The monoisotopic (exact) mass is 345 g/mol. The van der Waals surface area contributed by atoms with Crippen LogP contribution in [0.25, 0.3) is 0 Å². The zero-order valence-electron chi connectivity index (χ0n) is 15.8. The van der Waals surface area contributed by atoms with Crippen molar-refractivity contribution in [2.45, 2.75) is 58.5 Å². The SMILES string of the molecule is Cc1ccc(NC(=O)CN(C)[C@@H](C)C(=O)N[C@@H]2CCCC[C@@H]2C)cc1. The second kappa shape index (κ2) is 8.99. The van der Waals surface area contributed by atoms with E-state index in [0.29, 0.717) is 5.92 Å². The lowest BCUT2D eigenvalue weighted by molar-refractivity contribution is -0.127. The zero-order chi connectivity index (χ0) is 18.4. The molecule has 0 heterocycles. The third-order valence-electron chi connectivity index (χ3n) is 5.21. The van der Waals surface area contributed by atoms with Crippen LogP contribution in [0.3, 0.4) is 0 Å². The van der Waals surface area contributed by atoms with E-state index in [1.165, 1.54) is 19.3 Å². The summed E-state index contributed by atoms with van der Waals surface area (Å²) in [4.78, 5) is 26.5. The number of aryl methyl sites for hydroxylation is 1. The number of benzene rings is 1. The lowest BCUT2D eigenvalue weighted by Crippen LogP contribution is -2.50. The quantitative estimate of drug-likeness (QED) is 0.833. The van der Waals surface area contributed by atoms with Gasteiger partial charge in [0.05, 0.1) is 12.6 Å². The van der Waals surface area contributed by atoms with E-state index in [-0.39, 0.29) is 30.4 Å². The van der Waals surface area contributed by atoms with Crippen LogP contribution in [0.4, 0.5) is 5.69 Å². The van der Waals surface area contributed by atoms with Crippen LogP contribution < -0.4 is 10.6 Å². The van der Waals surface area contributed by atoms with E-state index in [1.54, 1.807) is 4.90 Å². The van der Waals surface area contributed by atoms with Crippen molar-refractivity contribution in [2.75, 3.05) is 18.9 Å². The van der Waals surface area contributed by atoms with Crippen molar-refractivity contribution in [1.29, 1.82) is 0 Å². The molecule has 0 unspecified atom stereocenters. The summed E-state index contributed by atoms with van der Waals surface area (Å²) in [6, 6.07) is 7.61. The maximum atomic E-state index is 12.5. The number of nitrogens with zero attached hydrogens (tertiary/aromatic N) is 1. The van der Waals surface area contributed by atoms with Crippen LogP contribution in [0, 0.1) is 12.8 Å². The molecule has 0 saturated heterocycles. The highest BCUT2D eigenvalue weighted by Crippen LogP contribution is 2.23. The molecule has 3 atom stereocenters. The van der Waals surface area contributed by atoms with Crippen LogP contribution in [0.15, 0.2) is 24.3 Å². The van der Waals surface area contributed by atoms with Crippen LogP contribution in [0.1, 0.15) is 45.1 Å². The Hall–Kier alpha value is -1.88. The summed E-state index contributed by atoms with van der Waals surface area (Å²) in [5, 5.41) is 6.04. The van der Waals surface area contributed by atoms with Gasteiger partial charge in [0.1, 0.15) is 0 Å². The Kier molecular flexibility index (Phi) is 7.00. The minimum absolute atomic E-state index is 0.00406. The van der Waals surface area contributed by atoms with E-state index in [1.807, 2.05) is 45.2 Å². The Morgan fingerprint density at radius 3 is 2.48 bits per heavy atom. The van der Waals surface area contributed by atoms with Gasteiger partial charge in [0.2, 0.25) is 11.8 Å². The van der Waals surface area contributed by atoms with Crippen molar-refractivity contribution >= 4 is 17.5 Å². The zero-order valence-corrected chi connectivity index (χ0v) is 15.8.